The Kier molecular flexibility index (Phi) is 4.25. The van der Waals surface area contributed by atoms with Crippen LogP contribution in [0.15, 0.2) is 0 Å². The summed E-state index contributed by atoms with van der Waals surface area (Å²) in [6, 6.07) is 0. The van der Waals surface area contributed by atoms with E-state index in [1.54, 1.807) is 0 Å². The van der Waals surface area contributed by atoms with E-state index in [9.17, 15) is 9.59 Å². The number of rotatable bonds is 3. The summed E-state index contributed by atoms with van der Waals surface area (Å²) in [5, 5.41) is 9.06. The quantitative estimate of drug-likeness (QED) is 0.838. The normalized spacial score (nSPS) is 32.5. The summed E-state index contributed by atoms with van der Waals surface area (Å²) in [4.78, 5) is 25.3. The Hall–Kier alpha value is -1.06. The summed E-state index contributed by atoms with van der Waals surface area (Å²) in [6.07, 6.45) is 5.26. The molecule has 4 heteroatoms. The number of aliphatic carboxylic acids is 1. The summed E-state index contributed by atoms with van der Waals surface area (Å²) in [6.45, 7) is 3.91. The van der Waals surface area contributed by atoms with E-state index in [4.69, 9.17) is 5.11 Å². The standard InChI is InChI=1S/C14H23NO3/c1-2-10-6-7-15(9-10)13(16)11-4-3-5-12(8-11)14(17)18/h10-12H,2-9H2,1H3,(H,17,18). The number of carboxylic acid groups (broad SMARTS) is 1. The number of carboxylic acids is 1. The van der Waals surface area contributed by atoms with Crippen molar-refractivity contribution < 1.29 is 14.7 Å². The predicted octanol–water partition coefficient (Wildman–Crippen LogP) is 2.14. The molecule has 0 radical (unpaired) electrons. The lowest BCUT2D eigenvalue weighted by Gasteiger charge is -2.29. The van der Waals surface area contributed by atoms with Crippen molar-refractivity contribution >= 4 is 11.9 Å². The topological polar surface area (TPSA) is 57.6 Å². The van der Waals surface area contributed by atoms with Crippen LogP contribution < -0.4 is 0 Å². The fraction of sp³-hybridized carbons (Fsp3) is 0.857. The second kappa shape index (κ2) is 5.72. The minimum Gasteiger partial charge on any atom is -0.481 e. The number of amides is 1. The van der Waals surface area contributed by atoms with E-state index in [1.807, 2.05) is 4.90 Å². The molecule has 4 nitrogen and oxygen atoms in total. The first-order valence-electron chi connectivity index (χ1n) is 7.13. The van der Waals surface area contributed by atoms with Gasteiger partial charge >= 0.3 is 5.97 Å². The molecule has 0 aromatic heterocycles. The number of likely N-dealkylation sites (tertiary alicyclic amines) is 1. The van der Waals surface area contributed by atoms with Gasteiger partial charge in [-0.2, -0.15) is 0 Å². The second-order valence-electron chi connectivity index (χ2n) is 5.75. The maximum Gasteiger partial charge on any atom is 0.306 e. The third kappa shape index (κ3) is 2.85. The molecule has 0 aromatic rings. The molecule has 1 saturated heterocycles. The van der Waals surface area contributed by atoms with Crippen LogP contribution in [0.4, 0.5) is 0 Å². The zero-order chi connectivity index (χ0) is 13.1. The molecule has 1 amide bonds. The summed E-state index contributed by atoms with van der Waals surface area (Å²) in [5.74, 6) is -0.238. The Morgan fingerprint density at radius 1 is 1.22 bits per heavy atom. The second-order valence-corrected chi connectivity index (χ2v) is 5.75. The van der Waals surface area contributed by atoms with Crippen molar-refractivity contribution in [1.82, 2.24) is 4.90 Å². The van der Waals surface area contributed by atoms with Crippen LogP contribution in [0.2, 0.25) is 0 Å². The van der Waals surface area contributed by atoms with Gasteiger partial charge in [-0.3, -0.25) is 9.59 Å². The van der Waals surface area contributed by atoms with E-state index in [-0.39, 0.29) is 17.7 Å². The van der Waals surface area contributed by atoms with E-state index in [1.165, 1.54) is 0 Å². The van der Waals surface area contributed by atoms with Crippen molar-refractivity contribution in [2.45, 2.75) is 45.4 Å². The molecule has 1 N–H and O–H groups in total. The third-order valence-electron chi connectivity index (χ3n) is 4.55. The highest BCUT2D eigenvalue weighted by Crippen LogP contribution is 2.32. The molecule has 0 aromatic carbocycles. The van der Waals surface area contributed by atoms with Gasteiger partial charge in [0.25, 0.3) is 0 Å². The predicted molar refractivity (Wildman–Crippen MR) is 68.1 cm³/mol. The van der Waals surface area contributed by atoms with E-state index in [0.29, 0.717) is 12.3 Å². The summed E-state index contributed by atoms with van der Waals surface area (Å²) in [5.41, 5.74) is 0. The van der Waals surface area contributed by atoms with Crippen molar-refractivity contribution in [1.29, 1.82) is 0 Å². The van der Waals surface area contributed by atoms with Crippen LogP contribution in [-0.4, -0.2) is 35.0 Å². The molecular weight excluding hydrogens is 230 g/mol. The van der Waals surface area contributed by atoms with Crippen molar-refractivity contribution in [3.63, 3.8) is 0 Å². The number of hydrogen-bond acceptors (Lipinski definition) is 2. The molecule has 1 aliphatic heterocycles. The van der Waals surface area contributed by atoms with Crippen LogP contribution in [0.3, 0.4) is 0 Å². The van der Waals surface area contributed by atoms with Gasteiger partial charge < -0.3 is 10.0 Å². The highest BCUT2D eigenvalue weighted by Gasteiger charge is 2.35. The van der Waals surface area contributed by atoms with Crippen LogP contribution in [0.1, 0.15) is 45.4 Å². The number of carbonyl (C=O) groups excluding carboxylic acids is 1. The monoisotopic (exact) mass is 253 g/mol. The van der Waals surface area contributed by atoms with Gasteiger partial charge in [0.2, 0.25) is 5.91 Å². The SMILES string of the molecule is CCC1CCN(C(=O)C2CCCC(C(=O)O)C2)C1. The minimum absolute atomic E-state index is 0.0459. The zero-order valence-corrected chi connectivity index (χ0v) is 11.1. The highest BCUT2D eigenvalue weighted by atomic mass is 16.4. The average molecular weight is 253 g/mol. The Labute approximate surface area is 108 Å². The fourth-order valence-corrected chi connectivity index (χ4v) is 3.26. The summed E-state index contributed by atoms with van der Waals surface area (Å²) < 4.78 is 0. The first-order chi connectivity index (χ1) is 8.61. The van der Waals surface area contributed by atoms with Gasteiger partial charge in [-0.05, 0) is 31.6 Å². The molecule has 1 aliphatic carbocycles. The number of carbonyl (C=O) groups is 2. The maximum atomic E-state index is 12.4. The third-order valence-corrected chi connectivity index (χ3v) is 4.55. The smallest absolute Gasteiger partial charge is 0.306 e. The maximum absolute atomic E-state index is 12.4. The van der Waals surface area contributed by atoms with Crippen LogP contribution in [-0.2, 0) is 9.59 Å². The van der Waals surface area contributed by atoms with E-state index < -0.39 is 5.97 Å². The Morgan fingerprint density at radius 3 is 2.56 bits per heavy atom. The lowest BCUT2D eigenvalue weighted by Crippen LogP contribution is -2.37. The summed E-state index contributed by atoms with van der Waals surface area (Å²) >= 11 is 0. The highest BCUT2D eigenvalue weighted by molar-refractivity contribution is 5.80. The summed E-state index contributed by atoms with van der Waals surface area (Å²) in [7, 11) is 0. The average Bonchev–Trinajstić information content (AvgIpc) is 2.86. The van der Waals surface area contributed by atoms with Crippen molar-refractivity contribution in [2.24, 2.45) is 17.8 Å². The van der Waals surface area contributed by atoms with Crippen LogP contribution >= 0.6 is 0 Å². The van der Waals surface area contributed by atoms with Gasteiger partial charge in [-0.15, -0.1) is 0 Å². The molecule has 2 fully saturated rings. The molecule has 3 atom stereocenters. The molecule has 2 aliphatic rings. The first-order valence-corrected chi connectivity index (χ1v) is 7.13. The van der Waals surface area contributed by atoms with Crippen molar-refractivity contribution in [2.75, 3.05) is 13.1 Å². The molecule has 0 bridgehead atoms. The van der Waals surface area contributed by atoms with Crippen molar-refractivity contribution in [3.05, 3.63) is 0 Å². The molecule has 2 rings (SSSR count). The van der Waals surface area contributed by atoms with Gasteiger partial charge in [0.15, 0.2) is 0 Å². The molecule has 3 unspecified atom stereocenters. The first kappa shape index (κ1) is 13.4. The van der Waals surface area contributed by atoms with Gasteiger partial charge in [0.05, 0.1) is 5.92 Å². The van der Waals surface area contributed by atoms with Gasteiger partial charge in [-0.1, -0.05) is 19.8 Å². The Bertz CT molecular complexity index is 329. The lowest BCUT2D eigenvalue weighted by atomic mass is 9.81. The number of hydrogen-bond donors (Lipinski definition) is 1. The zero-order valence-electron chi connectivity index (χ0n) is 11.1. The van der Waals surface area contributed by atoms with Gasteiger partial charge in [0.1, 0.15) is 0 Å². The van der Waals surface area contributed by atoms with E-state index in [0.717, 1.165) is 45.2 Å². The van der Waals surface area contributed by atoms with E-state index >= 15 is 0 Å². The Morgan fingerprint density at radius 2 is 1.94 bits per heavy atom. The van der Waals surface area contributed by atoms with Gasteiger partial charge in [0, 0.05) is 19.0 Å². The van der Waals surface area contributed by atoms with Crippen LogP contribution in [0.25, 0.3) is 0 Å². The van der Waals surface area contributed by atoms with Crippen LogP contribution in [0.5, 0.6) is 0 Å². The molecule has 1 heterocycles. The lowest BCUT2D eigenvalue weighted by molar-refractivity contribution is -0.145. The van der Waals surface area contributed by atoms with Gasteiger partial charge in [-0.25, -0.2) is 0 Å². The molecule has 1 saturated carbocycles. The fourth-order valence-electron chi connectivity index (χ4n) is 3.26. The van der Waals surface area contributed by atoms with E-state index in [2.05, 4.69) is 6.92 Å². The van der Waals surface area contributed by atoms with Crippen molar-refractivity contribution in [3.8, 4) is 0 Å². The molecule has 18 heavy (non-hydrogen) atoms. The number of nitrogens with zero attached hydrogens (tertiary/aromatic N) is 1. The van der Waals surface area contributed by atoms with Crippen LogP contribution in [0, 0.1) is 17.8 Å². The minimum atomic E-state index is -0.736. The Balaban J connectivity index is 1.91. The molecule has 102 valence electrons. The molecular formula is C14H23NO3. The molecule has 0 spiro atoms. The largest absolute Gasteiger partial charge is 0.481 e.